The maximum absolute atomic E-state index is 12.4. The molecule has 0 aliphatic heterocycles. The van der Waals surface area contributed by atoms with Gasteiger partial charge in [0, 0.05) is 0 Å². The molecule has 1 aromatic rings. The molecule has 0 spiro atoms. The van der Waals surface area contributed by atoms with Gasteiger partial charge in [-0.1, -0.05) is 86.7 Å². The largest absolute Gasteiger partial charge is 0.478 e. The molecule has 0 radical (unpaired) electrons. The van der Waals surface area contributed by atoms with E-state index in [1.54, 1.807) is 12.1 Å². The molecule has 0 aliphatic carbocycles. The summed E-state index contributed by atoms with van der Waals surface area (Å²) in [6, 6.07) is 6.22. The lowest BCUT2D eigenvalue weighted by Gasteiger charge is -2.14. The van der Waals surface area contributed by atoms with Crippen LogP contribution >= 0.6 is 0 Å². The Bertz CT molecular complexity index is 843. The van der Waals surface area contributed by atoms with Crippen LogP contribution < -0.4 is 4.74 Å². The molecular weight excluding hydrogens is 412 g/mol. The monoisotopic (exact) mass is 450 g/mol. The molecule has 0 saturated heterocycles. The Hall–Kier alpha value is -3.14. The third kappa shape index (κ3) is 13.1. The first-order chi connectivity index (χ1) is 16.1. The van der Waals surface area contributed by atoms with E-state index < -0.39 is 5.97 Å². The molecule has 4 heteroatoms. The Morgan fingerprint density at radius 2 is 1.33 bits per heavy atom. The number of ether oxygens (including phenoxy) is 1. The van der Waals surface area contributed by atoms with Crippen LogP contribution in [0, 0.1) is 5.92 Å². The van der Waals surface area contributed by atoms with E-state index in [-0.39, 0.29) is 23.2 Å². The quantitative estimate of drug-likeness (QED) is 0.158. The minimum atomic E-state index is -1.11. The van der Waals surface area contributed by atoms with Crippen molar-refractivity contribution >= 4 is 11.9 Å². The number of carboxylic acid groups (broad SMARTS) is 1. The number of aromatic carboxylic acids is 1. The third-order valence-electron chi connectivity index (χ3n) is 4.99. The molecule has 1 unspecified atom stereocenters. The van der Waals surface area contributed by atoms with Gasteiger partial charge in [0.25, 0.3) is 0 Å². The van der Waals surface area contributed by atoms with Gasteiger partial charge in [-0.25, -0.2) is 4.79 Å². The van der Waals surface area contributed by atoms with Crippen molar-refractivity contribution < 1.29 is 19.4 Å². The lowest BCUT2D eigenvalue weighted by atomic mass is 10.0. The summed E-state index contributed by atoms with van der Waals surface area (Å²) in [4.78, 5) is 23.7. The van der Waals surface area contributed by atoms with Crippen molar-refractivity contribution in [3.63, 3.8) is 0 Å². The zero-order valence-corrected chi connectivity index (χ0v) is 20.0. The first-order valence-corrected chi connectivity index (χ1v) is 11.9. The highest BCUT2D eigenvalue weighted by atomic mass is 16.5. The zero-order valence-electron chi connectivity index (χ0n) is 20.0. The zero-order chi connectivity index (χ0) is 24.2. The summed E-state index contributed by atoms with van der Waals surface area (Å²) in [5.41, 5.74) is -0.00136. The Balaban J connectivity index is 2.26. The normalized spacial score (nSPS) is 13.2. The molecule has 0 aromatic heterocycles. The minimum absolute atomic E-state index is 0.00136. The summed E-state index contributed by atoms with van der Waals surface area (Å²) in [6.45, 7) is 4.08. The standard InChI is InChI=1S/C29H38O4/c1-3-5-6-7-8-9-10-11-12-13-14-15-16-17-18-19-22-25(4-2)29(32)33-27-24-21-20-23-26(27)28(30)31/h5-6,8-9,11-12,14-15,17-18,20-21,23-25H,3-4,7,10,13,16,19,22H2,1-2H3,(H,30,31)/b6-5-,9-8-,12-11-,15-14-,18-17-. The van der Waals surface area contributed by atoms with E-state index in [1.165, 1.54) is 12.1 Å². The van der Waals surface area contributed by atoms with E-state index in [9.17, 15) is 14.7 Å². The second-order valence-electron chi connectivity index (χ2n) is 7.61. The maximum Gasteiger partial charge on any atom is 0.339 e. The van der Waals surface area contributed by atoms with Crippen LogP contribution in [0.4, 0.5) is 0 Å². The van der Waals surface area contributed by atoms with E-state index in [2.05, 4.69) is 67.7 Å². The van der Waals surface area contributed by atoms with Crippen molar-refractivity contribution in [2.45, 2.75) is 65.2 Å². The lowest BCUT2D eigenvalue weighted by Crippen LogP contribution is -2.21. The molecule has 1 N–H and O–H groups in total. The van der Waals surface area contributed by atoms with E-state index in [4.69, 9.17) is 4.74 Å². The predicted molar refractivity (Wildman–Crippen MR) is 137 cm³/mol. The summed E-state index contributed by atoms with van der Waals surface area (Å²) in [7, 11) is 0. The summed E-state index contributed by atoms with van der Waals surface area (Å²) < 4.78 is 5.37. The number of rotatable bonds is 16. The van der Waals surface area contributed by atoms with Crippen LogP contribution in [0.2, 0.25) is 0 Å². The molecule has 0 amide bonds. The molecule has 0 aliphatic rings. The third-order valence-corrected chi connectivity index (χ3v) is 4.99. The van der Waals surface area contributed by atoms with Gasteiger partial charge in [0.05, 0.1) is 5.92 Å². The molecule has 0 fully saturated rings. The smallest absolute Gasteiger partial charge is 0.339 e. The fraction of sp³-hybridized carbons (Fsp3) is 0.379. The van der Waals surface area contributed by atoms with E-state index >= 15 is 0 Å². The highest BCUT2D eigenvalue weighted by molar-refractivity contribution is 5.92. The second kappa shape index (κ2) is 18.4. The van der Waals surface area contributed by atoms with Gasteiger partial charge in [0.2, 0.25) is 0 Å². The summed E-state index contributed by atoms with van der Waals surface area (Å²) in [5, 5.41) is 9.22. The number of allylic oxidation sites excluding steroid dienone is 10. The number of esters is 1. The molecular formula is C29H38O4. The Morgan fingerprint density at radius 1 is 0.818 bits per heavy atom. The van der Waals surface area contributed by atoms with Crippen LogP contribution in [0.5, 0.6) is 5.75 Å². The maximum atomic E-state index is 12.4. The van der Waals surface area contributed by atoms with Crippen LogP contribution in [0.1, 0.15) is 75.6 Å². The van der Waals surface area contributed by atoms with Crippen molar-refractivity contribution in [3.05, 3.63) is 90.6 Å². The van der Waals surface area contributed by atoms with Crippen LogP contribution in [0.15, 0.2) is 85.0 Å². The second-order valence-corrected chi connectivity index (χ2v) is 7.61. The van der Waals surface area contributed by atoms with E-state index in [0.29, 0.717) is 12.8 Å². The summed E-state index contributed by atoms with van der Waals surface area (Å²) >= 11 is 0. The van der Waals surface area contributed by atoms with Crippen molar-refractivity contribution in [3.8, 4) is 5.75 Å². The molecule has 1 aromatic carbocycles. The van der Waals surface area contributed by atoms with Gasteiger partial charge in [-0.3, -0.25) is 4.79 Å². The number of para-hydroxylation sites is 1. The number of carboxylic acids is 1. The average molecular weight is 451 g/mol. The van der Waals surface area contributed by atoms with E-state index in [1.807, 2.05) is 6.92 Å². The van der Waals surface area contributed by atoms with Crippen LogP contribution in [-0.4, -0.2) is 17.0 Å². The number of benzene rings is 1. The SMILES string of the molecule is CC/C=C\C/C=C\C/C=C\C/C=C\C/C=C\CCC(CC)C(=O)Oc1ccccc1C(=O)O. The molecule has 33 heavy (non-hydrogen) atoms. The Labute approximate surface area is 199 Å². The first-order valence-electron chi connectivity index (χ1n) is 11.9. The fourth-order valence-corrected chi connectivity index (χ4v) is 3.08. The lowest BCUT2D eigenvalue weighted by molar-refractivity contribution is -0.139. The van der Waals surface area contributed by atoms with Crippen molar-refractivity contribution in [2.24, 2.45) is 5.92 Å². The molecule has 1 rings (SSSR count). The number of hydrogen-bond acceptors (Lipinski definition) is 3. The minimum Gasteiger partial charge on any atom is -0.478 e. The topological polar surface area (TPSA) is 63.6 Å². The van der Waals surface area contributed by atoms with Gasteiger partial charge < -0.3 is 9.84 Å². The van der Waals surface area contributed by atoms with Gasteiger partial charge in [-0.2, -0.15) is 0 Å². The van der Waals surface area contributed by atoms with Gasteiger partial charge in [0.1, 0.15) is 11.3 Å². The van der Waals surface area contributed by atoms with Crippen LogP contribution in [0.3, 0.4) is 0 Å². The van der Waals surface area contributed by atoms with Gasteiger partial charge >= 0.3 is 11.9 Å². The highest BCUT2D eigenvalue weighted by Gasteiger charge is 2.20. The number of hydrogen-bond donors (Lipinski definition) is 1. The molecule has 1 atom stereocenters. The van der Waals surface area contributed by atoms with Crippen LogP contribution in [-0.2, 0) is 4.79 Å². The molecule has 178 valence electrons. The van der Waals surface area contributed by atoms with Crippen molar-refractivity contribution in [2.75, 3.05) is 0 Å². The van der Waals surface area contributed by atoms with Crippen molar-refractivity contribution in [1.29, 1.82) is 0 Å². The Morgan fingerprint density at radius 3 is 1.85 bits per heavy atom. The molecule has 4 nitrogen and oxygen atoms in total. The predicted octanol–water partition coefficient (Wildman–Crippen LogP) is 7.85. The first kappa shape index (κ1) is 27.9. The summed E-state index contributed by atoms with van der Waals surface area (Å²) in [5.74, 6) is -1.64. The summed E-state index contributed by atoms with van der Waals surface area (Å²) in [6.07, 6.45) is 28.5. The van der Waals surface area contributed by atoms with Gasteiger partial charge in [-0.15, -0.1) is 0 Å². The highest BCUT2D eigenvalue weighted by Crippen LogP contribution is 2.21. The number of carbonyl (C=O) groups excluding carboxylic acids is 1. The molecule has 0 bridgehead atoms. The van der Waals surface area contributed by atoms with E-state index in [0.717, 1.165) is 38.5 Å². The molecule has 0 saturated carbocycles. The van der Waals surface area contributed by atoms with Crippen LogP contribution in [0.25, 0.3) is 0 Å². The number of carbonyl (C=O) groups is 2. The van der Waals surface area contributed by atoms with Crippen molar-refractivity contribution in [1.82, 2.24) is 0 Å². The van der Waals surface area contributed by atoms with Gasteiger partial charge in [0.15, 0.2) is 0 Å². The Kier molecular flexibility index (Phi) is 15.6. The molecule has 0 heterocycles. The van der Waals surface area contributed by atoms with Gasteiger partial charge in [-0.05, 0) is 63.5 Å². The fourth-order valence-electron chi connectivity index (χ4n) is 3.08. The average Bonchev–Trinajstić information content (AvgIpc) is 2.81.